The minimum atomic E-state index is -1.75. The Balaban J connectivity index is 1.04. The molecule has 0 aliphatic carbocycles. The molecule has 9 amide bonds. The molecule has 602 valence electrons. The van der Waals surface area contributed by atoms with Crippen LogP contribution >= 0.6 is 0 Å². The molecule has 111 heavy (non-hydrogen) atoms. The molecule has 1 aliphatic heterocycles. The number of unbranched alkanes of at least 4 members (excludes halogenated alkanes) is 1. The smallest absolute Gasteiger partial charge is 0.306 e. The third kappa shape index (κ3) is 29.1. The van der Waals surface area contributed by atoms with Crippen molar-refractivity contribution in [2.24, 2.45) is 17.6 Å². The van der Waals surface area contributed by atoms with E-state index in [0.717, 1.165) is 13.0 Å². The number of H-pyrrole nitrogens is 3. The Kier molecular flexibility index (Phi) is 34.9. The number of amides is 9. The molecule has 2 bridgehead atoms. The number of carboxylic acid groups (broad SMARTS) is 1. The van der Waals surface area contributed by atoms with Crippen LogP contribution in [0, 0.1) is 11.8 Å². The average Bonchev–Trinajstić information content (AvgIpc) is 1.45. The molecule has 1 aromatic carbocycles. The molecule has 5 aromatic heterocycles. The monoisotopic (exact) mass is 1550 g/mol. The van der Waals surface area contributed by atoms with E-state index in [1.165, 1.54) is 68.1 Å². The molecule has 7 rings (SSSR count). The Morgan fingerprint density at radius 2 is 1.46 bits per heavy atom. The number of aliphatic hydroxyl groups is 2. The number of nitrogens with two attached hydrogens (primary N) is 2. The largest absolute Gasteiger partial charge is 0.481 e. The van der Waals surface area contributed by atoms with Crippen LogP contribution < -0.4 is 70.2 Å². The first-order valence-electron chi connectivity index (χ1n) is 36.1. The number of primary amides is 1. The number of nitrogen functional groups attached to an aromatic ring is 1. The molecule has 6 heterocycles. The highest BCUT2D eigenvalue weighted by atomic mass is 16.5. The number of benzene rings is 1. The number of fused-ring (bicyclic) bond motifs is 3. The number of ketones is 2. The molecule has 0 spiro atoms. The van der Waals surface area contributed by atoms with E-state index in [2.05, 4.69) is 103 Å². The maximum atomic E-state index is 14.7. The summed E-state index contributed by atoms with van der Waals surface area (Å²) < 4.78 is 17.9. The van der Waals surface area contributed by atoms with Gasteiger partial charge in [0, 0.05) is 92.8 Å². The van der Waals surface area contributed by atoms with Crippen molar-refractivity contribution in [1.82, 2.24) is 103 Å². The fourth-order valence-corrected chi connectivity index (χ4v) is 11.5. The van der Waals surface area contributed by atoms with Crippen molar-refractivity contribution in [2.45, 2.75) is 159 Å². The predicted molar refractivity (Wildman–Crippen MR) is 391 cm³/mol. The van der Waals surface area contributed by atoms with Crippen molar-refractivity contribution in [2.75, 3.05) is 77.4 Å². The van der Waals surface area contributed by atoms with E-state index in [9.17, 15) is 77.6 Å². The Morgan fingerprint density at radius 3 is 2.14 bits per heavy atom. The number of carbonyl (C=O) groups excluding carboxylic acids is 11. The van der Waals surface area contributed by atoms with E-state index < -0.39 is 175 Å². The van der Waals surface area contributed by atoms with Gasteiger partial charge < -0.3 is 104 Å². The van der Waals surface area contributed by atoms with E-state index in [0.29, 0.717) is 42.0 Å². The number of anilines is 2. The van der Waals surface area contributed by atoms with E-state index in [4.69, 9.17) is 25.7 Å². The van der Waals surface area contributed by atoms with Gasteiger partial charge in [-0.25, -0.2) is 19.9 Å². The van der Waals surface area contributed by atoms with Crippen LogP contribution in [-0.2, 0) is 99.3 Å². The summed E-state index contributed by atoms with van der Waals surface area (Å²) in [6, 6.07) is -4.04. The normalized spacial score (nSPS) is 19.5. The lowest BCUT2D eigenvalue weighted by molar-refractivity contribution is -0.142. The highest BCUT2D eigenvalue weighted by Crippen LogP contribution is 2.21. The fraction of sp³-hybridized carbons (Fsp3) is 0.536. The molecule has 0 radical (unpaired) electrons. The van der Waals surface area contributed by atoms with Gasteiger partial charge in [0.25, 0.3) is 5.56 Å². The summed E-state index contributed by atoms with van der Waals surface area (Å²) in [5, 5.41) is 67.0. The second-order valence-electron chi connectivity index (χ2n) is 26.4. The van der Waals surface area contributed by atoms with Gasteiger partial charge in [-0.2, -0.15) is 4.98 Å². The van der Waals surface area contributed by atoms with Crippen LogP contribution in [-0.4, -0.2) is 256 Å². The van der Waals surface area contributed by atoms with Crippen LogP contribution in [0.2, 0.25) is 0 Å². The SMILES string of the molecule is CNCCCC[C@@H](NC(=O)COCCOCCOCCNC(=O)[C@@H]1CCCCn2cc(nn2)C[C@H](NC(=O)CC[C@H](CC(=O)c2ccc(NCc3cnc4nc(N)[nH]c(=O)c4n3)cc2)C(=O)O)C(=O)N[C@H](Cc2cnc[nH]2)C(=O)N[C@H](CO)C(=O)C[C@H](Cc2cnc[nH]2)C(=O)N[C@H]([C@H](C)O)C(=O)N[C@H](C)C(=O)N1)C(N)=O. The van der Waals surface area contributed by atoms with Crippen molar-refractivity contribution in [3.63, 3.8) is 0 Å². The number of carbonyl (C=O) groups is 12. The molecule has 0 unspecified atom stereocenters. The van der Waals surface area contributed by atoms with Crippen molar-refractivity contribution in [1.29, 1.82) is 0 Å². The maximum absolute atomic E-state index is 14.7. The zero-order chi connectivity index (χ0) is 80.4. The van der Waals surface area contributed by atoms with Crippen molar-refractivity contribution in [3.8, 4) is 0 Å². The molecule has 42 nitrogen and oxygen atoms in total. The molecule has 20 N–H and O–H groups in total. The number of carboxylic acids is 1. The number of aromatic amines is 3. The summed E-state index contributed by atoms with van der Waals surface area (Å²) in [6.07, 6.45) is 5.86. The number of hydrogen-bond donors (Lipinski definition) is 18. The zero-order valence-electron chi connectivity index (χ0n) is 61.6. The Hall–Kier alpha value is -11.6. The van der Waals surface area contributed by atoms with E-state index in [-0.39, 0.29) is 113 Å². The van der Waals surface area contributed by atoms with Crippen molar-refractivity contribution in [3.05, 3.63) is 100 Å². The van der Waals surface area contributed by atoms with Gasteiger partial charge in [0.1, 0.15) is 48.9 Å². The van der Waals surface area contributed by atoms with Gasteiger partial charge in [-0.05, 0) is 96.7 Å². The summed E-state index contributed by atoms with van der Waals surface area (Å²) in [4.78, 5) is 205. The van der Waals surface area contributed by atoms with Crippen LogP contribution in [0.25, 0.3) is 11.2 Å². The number of nitrogens with zero attached hydrogens (tertiary/aromatic N) is 8. The molecule has 0 fully saturated rings. The second kappa shape index (κ2) is 44.8. The number of Topliss-reactive ketones (excluding diaryl/α,β-unsaturated/α-hetero) is 2. The first-order chi connectivity index (χ1) is 53.3. The zero-order valence-corrected chi connectivity index (χ0v) is 61.6. The molecule has 6 aromatic rings. The molecule has 10 atom stereocenters. The minimum absolute atomic E-state index is 0.00240. The van der Waals surface area contributed by atoms with Crippen LogP contribution in [0.3, 0.4) is 0 Å². The summed E-state index contributed by atoms with van der Waals surface area (Å²) >= 11 is 0. The van der Waals surface area contributed by atoms with Gasteiger partial charge in [-0.3, -0.25) is 72.0 Å². The van der Waals surface area contributed by atoms with Crippen molar-refractivity contribution >= 4 is 93.5 Å². The lowest BCUT2D eigenvalue weighted by atomic mass is 9.92. The standard InChI is InChI=1S/C69H97N23O19/c1-38-61(100)84-49(63(102)75-17-19-109-20-21-110-22-23-111-35-56(98)82-48(59(70)99)8-4-6-16-72-3)9-5-7-18-92-33-46(90-91-92)28-50(83-55(97)15-12-41(68(107)108)25-53(95)40-10-13-43(14-11-40)76-31-47-32-77-60-58(81-47)67(106)89-69(71)88-60)64(103)85-51(27-45-30-74-37-79-45)65(104)86-52(34-93)54(96)26-42(24-44-29-73-36-78-44)62(101)87-57(39(2)94)66(105)80-38/h10-11,13-14,29-30,32-33,36-39,41-42,48-52,57,72,76,93-94H,4-9,12,15-28,31,34-35H2,1-3H3,(H2,70,99)(H,73,78)(H,74,79)(H,75,102)(H,80,105)(H,82,98)(H,83,97)(H,84,100)(H,85,103)(H,86,104)(H,87,101)(H,107,108)(H3,71,77,88,89,106)/t38-,39+,41-,42+,48-,49+,50+,51-,52-,57-/m1/s1. The summed E-state index contributed by atoms with van der Waals surface area (Å²) in [6.45, 7) is 2.48. The number of imidazole rings is 2. The van der Waals surface area contributed by atoms with Gasteiger partial charge >= 0.3 is 5.97 Å². The van der Waals surface area contributed by atoms with Gasteiger partial charge in [-0.1, -0.05) is 5.21 Å². The third-order valence-electron chi connectivity index (χ3n) is 17.6. The Bertz CT molecular complexity index is 4140. The Morgan fingerprint density at radius 1 is 0.757 bits per heavy atom. The van der Waals surface area contributed by atoms with Gasteiger partial charge in [0.2, 0.25) is 59.1 Å². The number of hydrogen-bond acceptors (Lipinski definition) is 28. The van der Waals surface area contributed by atoms with Crippen molar-refractivity contribution < 1.29 is 87.1 Å². The first-order valence-corrected chi connectivity index (χ1v) is 36.1. The number of nitrogens with one attached hydrogen (secondary N) is 13. The fourth-order valence-electron chi connectivity index (χ4n) is 11.5. The summed E-state index contributed by atoms with van der Waals surface area (Å²) in [5.74, 6) is -13.3. The summed E-state index contributed by atoms with van der Waals surface area (Å²) in [5.41, 5.74) is 12.3. The van der Waals surface area contributed by atoms with E-state index >= 15 is 0 Å². The average molecular weight is 1550 g/mol. The van der Waals surface area contributed by atoms with Crippen LogP contribution in [0.4, 0.5) is 11.6 Å². The highest BCUT2D eigenvalue weighted by molar-refractivity contribution is 6.00. The molecule has 0 saturated heterocycles. The second-order valence-corrected chi connectivity index (χ2v) is 26.4. The summed E-state index contributed by atoms with van der Waals surface area (Å²) in [7, 11) is 1.81. The van der Waals surface area contributed by atoms with Gasteiger partial charge in [0.15, 0.2) is 22.7 Å². The number of rotatable bonds is 36. The number of aliphatic hydroxyl groups excluding tert-OH is 2. The topological polar surface area (TPSA) is 625 Å². The molecular weight excluding hydrogens is 1450 g/mol. The van der Waals surface area contributed by atoms with Gasteiger partial charge in [0.05, 0.1) is 94.4 Å². The molecule has 42 heteroatoms. The van der Waals surface area contributed by atoms with E-state index in [1.807, 2.05) is 7.05 Å². The predicted octanol–water partition coefficient (Wildman–Crippen LogP) is -4.69. The molecule has 1 aliphatic rings. The maximum Gasteiger partial charge on any atom is 0.306 e. The highest BCUT2D eigenvalue weighted by Gasteiger charge is 2.37. The lowest BCUT2D eigenvalue weighted by Gasteiger charge is -2.27. The Labute approximate surface area is 635 Å². The van der Waals surface area contributed by atoms with Crippen LogP contribution in [0.15, 0.2) is 66.5 Å². The van der Waals surface area contributed by atoms with Crippen LogP contribution in [0.5, 0.6) is 0 Å². The number of aryl methyl sites for hydroxylation is 1. The molecular formula is C69H97N23O19. The van der Waals surface area contributed by atoms with Gasteiger partial charge in [-0.15, -0.1) is 5.10 Å². The van der Waals surface area contributed by atoms with Crippen LogP contribution in [0.1, 0.15) is 111 Å². The minimum Gasteiger partial charge on any atom is -0.481 e. The number of ether oxygens (including phenoxy) is 3. The lowest BCUT2D eigenvalue weighted by Crippen LogP contribution is -2.59. The number of aliphatic carboxylic acids is 1. The molecule has 0 saturated carbocycles. The number of aromatic nitrogens is 11. The van der Waals surface area contributed by atoms with E-state index in [1.54, 1.807) is 12.1 Å². The first kappa shape index (κ1) is 86.6. The third-order valence-corrected chi connectivity index (χ3v) is 17.6. The quantitative estimate of drug-likeness (QED) is 0.0130.